The predicted molar refractivity (Wildman–Crippen MR) is 71.8 cm³/mol. The zero-order chi connectivity index (χ0) is 13.8. The van der Waals surface area contributed by atoms with Gasteiger partial charge in [-0.2, -0.15) is 0 Å². The Labute approximate surface area is 112 Å². The number of methoxy groups -OCH3 is 1. The molecule has 19 heavy (non-hydrogen) atoms. The summed E-state index contributed by atoms with van der Waals surface area (Å²) in [6.45, 7) is 1.69. The average molecular weight is 265 g/mol. The fourth-order valence-corrected chi connectivity index (χ4v) is 2.50. The third-order valence-electron chi connectivity index (χ3n) is 3.33. The first-order chi connectivity index (χ1) is 9.11. The lowest BCUT2D eigenvalue weighted by Gasteiger charge is -2.33. The van der Waals surface area contributed by atoms with E-state index in [1.165, 1.54) is 0 Å². The van der Waals surface area contributed by atoms with Crippen molar-refractivity contribution in [1.29, 1.82) is 0 Å². The Morgan fingerprint density at radius 3 is 3.00 bits per heavy atom. The maximum Gasteiger partial charge on any atom is 0.335 e. The van der Waals surface area contributed by atoms with Gasteiger partial charge in [-0.1, -0.05) is 0 Å². The molecule has 5 heteroatoms. The second-order valence-corrected chi connectivity index (χ2v) is 4.81. The van der Waals surface area contributed by atoms with Crippen LogP contribution in [0.1, 0.15) is 22.3 Å². The van der Waals surface area contributed by atoms with Crippen LogP contribution in [-0.4, -0.2) is 49.1 Å². The van der Waals surface area contributed by atoms with Gasteiger partial charge in [-0.3, -0.25) is 0 Å². The Morgan fingerprint density at radius 2 is 2.32 bits per heavy atom. The fraction of sp³-hybridized carbons (Fsp3) is 0.500. The van der Waals surface area contributed by atoms with Crippen LogP contribution in [0.25, 0.3) is 0 Å². The largest absolute Gasteiger partial charge is 0.478 e. The number of aliphatic hydroxyl groups excluding tert-OH is 1. The van der Waals surface area contributed by atoms with Crippen molar-refractivity contribution in [3.63, 3.8) is 0 Å². The molecule has 0 aliphatic carbocycles. The van der Waals surface area contributed by atoms with Crippen molar-refractivity contribution < 1.29 is 19.7 Å². The molecule has 5 nitrogen and oxygen atoms in total. The Hall–Kier alpha value is -1.59. The fourth-order valence-electron chi connectivity index (χ4n) is 2.50. The van der Waals surface area contributed by atoms with E-state index >= 15 is 0 Å². The summed E-state index contributed by atoms with van der Waals surface area (Å²) in [4.78, 5) is 13.1. The molecule has 1 aliphatic rings. The quantitative estimate of drug-likeness (QED) is 0.835. The van der Waals surface area contributed by atoms with Crippen molar-refractivity contribution >= 4 is 11.7 Å². The zero-order valence-electron chi connectivity index (χ0n) is 11.0. The van der Waals surface area contributed by atoms with Gasteiger partial charge in [0.15, 0.2) is 0 Å². The SMILES string of the molecule is COCC(O)CN1CCCc2cc(C(=O)O)ccc21. The first-order valence-electron chi connectivity index (χ1n) is 6.40. The molecule has 1 unspecified atom stereocenters. The Kier molecular flexibility index (Phi) is 4.39. The summed E-state index contributed by atoms with van der Waals surface area (Å²) in [5.74, 6) is -0.903. The van der Waals surface area contributed by atoms with Gasteiger partial charge in [0, 0.05) is 25.9 Å². The van der Waals surface area contributed by atoms with Crippen LogP contribution in [0.15, 0.2) is 18.2 Å². The van der Waals surface area contributed by atoms with Crippen LogP contribution in [0, 0.1) is 0 Å². The highest BCUT2D eigenvalue weighted by molar-refractivity contribution is 5.88. The van der Waals surface area contributed by atoms with Crippen LogP contribution >= 0.6 is 0 Å². The number of fused-ring (bicyclic) bond motifs is 1. The van der Waals surface area contributed by atoms with Gasteiger partial charge < -0.3 is 19.8 Å². The van der Waals surface area contributed by atoms with Crippen molar-refractivity contribution in [2.45, 2.75) is 18.9 Å². The molecular formula is C14H19NO4. The summed E-state index contributed by atoms with van der Waals surface area (Å²) in [5.41, 5.74) is 2.38. The number of carboxylic acids is 1. The number of anilines is 1. The predicted octanol–water partition coefficient (Wildman–Crippen LogP) is 1.14. The molecule has 1 aromatic rings. The van der Waals surface area contributed by atoms with Gasteiger partial charge in [0.05, 0.1) is 18.3 Å². The van der Waals surface area contributed by atoms with Crippen molar-refractivity contribution in [2.24, 2.45) is 0 Å². The van der Waals surface area contributed by atoms with Crippen LogP contribution in [0.3, 0.4) is 0 Å². The molecule has 1 atom stereocenters. The minimum Gasteiger partial charge on any atom is -0.478 e. The number of ether oxygens (including phenoxy) is 1. The normalized spacial score (nSPS) is 16.0. The molecule has 0 aromatic heterocycles. The lowest BCUT2D eigenvalue weighted by molar-refractivity contribution is 0.0684. The zero-order valence-corrected chi connectivity index (χ0v) is 11.0. The van der Waals surface area contributed by atoms with E-state index in [0.717, 1.165) is 30.6 Å². The first kappa shape index (κ1) is 13.8. The standard InChI is InChI=1S/C14H19NO4/c1-19-9-12(16)8-15-6-2-3-10-7-11(14(17)18)4-5-13(10)15/h4-5,7,12,16H,2-3,6,8-9H2,1H3,(H,17,18). The summed E-state index contributed by atoms with van der Waals surface area (Å²) < 4.78 is 4.93. The van der Waals surface area contributed by atoms with E-state index in [9.17, 15) is 9.90 Å². The third kappa shape index (κ3) is 3.24. The van der Waals surface area contributed by atoms with Crippen LogP contribution < -0.4 is 4.90 Å². The Bertz CT molecular complexity index is 461. The summed E-state index contributed by atoms with van der Waals surface area (Å²) >= 11 is 0. The molecule has 1 aromatic carbocycles. The van der Waals surface area contributed by atoms with E-state index in [4.69, 9.17) is 9.84 Å². The summed E-state index contributed by atoms with van der Waals surface area (Å²) in [5, 5.41) is 18.8. The summed E-state index contributed by atoms with van der Waals surface area (Å²) in [6.07, 6.45) is 1.32. The highest BCUT2D eigenvalue weighted by Crippen LogP contribution is 2.28. The van der Waals surface area contributed by atoms with Crippen molar-refractivity contribution in [3.8, 4) is 0 Å². The second-order valence-electron chi connectivity index (χ2n) is 4.81. The first-order valence-corrected chi connectivity index (χ1v) is 6.40. The maximum absolute atomic E-state index is 11.0. The van der Waals surface area contributed by atoms with E-state index in [2.05, 4.69) is 4.90 Å². The van der Waals surface area contributed by atoms with Crippen LogP contribution in [-0.2, 0) is 11.2 Å². The van der Waals surface area contributed by atoms with Gasteiger partial charge in [-0.05, 0) is 36.6 Å². The molecule has 104 valence electrons. The molecule has 0 saturated heterocycles. The third-order valence-corrected chi connectivity index (χ3v) is 3.33. The maximum atomic E-state index is 11.0. The van der Waals surface area contributed by atoms with Gasteiger partial charge in [0.2, 0.25) is 0 Å². The molecule has 1 aliphatic heterocycles. The number of hydrogen-bond donors (Lipinski definition) is 2. The molecule has 2 rings (SSSR count). The highest BCUT2D eigenvalue weighted by Gasteiger charge is 2.20. The minimum atomic E-state index is -0.903. The number of aryl methyl sites for hydroxylation is 1. The van der Waals surface area contributed by atoms with E-state index in [0.29, 0.717) is 18.7 Å². The number of hydrogen-bond acceptors (Lipinski definition) is 4. The number of carbonyl (C=O) groups is 1. The molecule has 0 saturated carbocycles. The lowest BCUT2D eigenvalue weighted by atomic mass is 9.99. The number of nitrogens with zero attached hydrogens (tertiary/aromatic N) is 1. The van der Waals surface area contributed by atoms with Crippen molar-refractivity contribution in [2.75, 3.05) is 31.7 Å². The van der Waals surface area contributed by atoms with Crippen molar-refractivity contribution in [3.05, 3.63) is 29.3 Å². The van der Waals surface area contributed by atoms with Gasteiger partial charge in [-0.25, -0.2) is 4.79 Å². The topological polar surface area (TPSA) is 70.0 Å². The minimum absolute atomic E-state index is 0.305. The van der Waals surface area contributed by atoms with E-state index in [1.54, 1.807) is 19.2 Å². The van der Waals surface area contributed by atoms with Gasteiger partial charge in [0.25, 0.3) is 0 Å². The monoisotopic (exact) mass is 265 g/mol. The molecule has 1 heterocycles. The smallest absolute Gasteiger partial charge is 0.335 e. The van der Waals surface area contributed by atoms with Crippen molar-refractivity contribution in [1.82, 2.24) is 0 Å². The molecule has 2 N–H and O–H groups in total. The highest BCUT2D eigenvalue weighted by atomic mass is 16.5. The van der Waals surface area contributed by atoms with E-state index in [-0.39, 0.29) is 0 Å². The Morgan fingerprint density at radius 1 is 1.53 bits per heavy atom. The molecule has 0 radical (unpaired) electrons. The van der Waals surface area contributed by atoms with Gasteiger partial charge >= 0.3 is 5.97 Å². The van der Waals surface area contributed by atoms with E-state index in [1.807, 2.05) is 6.07 Å². The lowest BCUT2D eigenvalue weighted by Crippen LogP contribution is -2.38. The Balaban J connectivity index is 2.17. The second kappa shape index (κ2) is 6.04. The molecule has 0 spiro atoms. The number of rotatable bonds is 5. The van der Waals surface area contributed by atoms with Gasteiger partial charge in [-0.15, -0.1) is 0 Å². The van der Waals surface area contributed by atoms with Gasteiger partial charge in [0.1, 0.15) is 0 Å². The number of aromatic carboxylic acids is 1. The van der Waals surface area contributed by atoms with Crippen LogP contribution in [0.4, 0.5) is 5.69 Å². The van der Waals surface area contributed by atoms with Crippen LogP contribution in [0.2, 0.25) is 0 Å². The summed E-state index contributed by atoms with van der Waals surface area (Å²) in [7, 11) is 1.56. The molecule has 0 bridgehead atoms. The van der Waals surface area contributed by atoms with E-state index < -0.39 is 12.1 Å². The number of carboxylic acid groups (broad SMARTS) is 1. The molecular weight excluding hydrogens is 246 g/mol. The summed E-state index contributed by atoms with van der Waals surface area (Å²) in [6, 6.07) is 5.17. The van der Waals surface area contributed by atoms with Crippen LogP contribution in [0.5, 0.6) is 0 Å². The number of β-amino-alcohol motifs (C(OH)–C–C–N with tert-alkyl or cyclic N) is 1. The molecule has 0 fully saturated rings. The average Bonchev–Trinajstić information content (AvgIpc) is 2.38. The number of benzene rings is 1. The number of aliphatic hydroxyl groups is 1. The molecule has 0 amide bonds.